The summed E-state index contributed by atoms with van der Waals surface area (Å²) in [6.45, 7) is 1.93. The van der Waals surface area contributed by atoms with Crippen LogP contribution in [0, 0.1) is 0 Å². The summed E-state index contributed by atoms with van der Waals surface area (Å²) in [6.07, 6.45) is 0. The lowest BCUT2D eigenvalue weighted by Crippen LogP contribution is -2.23. The molecule has 0 aliphatic rings. The van der Waals surface area contributed by atoms with E-state index in [0.29, 0.717) is 14.9 Å². The highest BCUT2D eigenvalue weighted by Gasteiger charge is 2.16. The zero-order valence-electron chi connectivity index (χ0n) is 14.3. The average Bonchev–Trinajstić information content (AvgIpc) is 3.14. The first kappa shape index (κ1) is 19.9. The number of ether oxygens (including phenoxy) is 2. The van der Waals surface area contributed by atoms with Crippen molar-refractivity contribution in [3.05, 3.63) is 43.3 Å². The molecule has 27 heavy (non-hydrogen) atoms. The topological polar surface area (TPSA) is 69.9 Å². The minimum absolute atomic E-state index is 0.0651. The number of carbonyl (C=O) groups is 2. The van der Waals surface area contributed by atoms with Gasteiger partial charge in [-0.15, -0.1) is 11.3 Å². The van der Waals surface area contributed by atoms with E-state index in [4.69, 9.17) is 32.7 Å². The average molecular weight is 445 g/mol. The molecule has 2 heterocycles. The molecule has 0 spiro atoms. The lowest BCUT2D eigenvalue weighted by Gasteiger charge is -2.05. The number of carbonyl (C=O) groups excluding carboxylic acids is 2. The van der Waals surface area contributed by atoms with Crippen molar-refractivity contribution >= 4 is 68.0 Å². The number of esters is 1. The van der Waals surface area contributed by atoms with E-state index in [1.165, 1.54) is 17.4 Å². The van der Waals surface area contributed by atoms with Gasteiger partial charge in [0, 0.05) is 0 Å². The summed E-state index contributed by atoms with van der Waals surface area (Å²) in [4.78, 5) is 29.1. The lowest BCUT2D eigenvalue weighted by molar-refractivity contribution is -0.143. The van der Waals surface area contributed by atoms with Gasteiger partial charge in [-0.3, -0.25) is 9.59 Å². The Labute approximate surface area is 172 Å². The van der Waals surface area contributed by atoms with E-state index in [1.807, 2.05) is 12.1 Å². The highest BCUT2D eigenvalue weighted by Crippen LogP contribution is 2.31. The Balaban J connectivity index is 2.13. The molecule has 3 rings (SSSR count). The number of thiophene rings is 1. The summed E-state index contributed by atoms with van der Waals surface area (Å²) in [5.41, 5.74) is 0.972. The Kier molecular flexibility index (Phi) is 6.21. The molecule has 0 N–H and O–H groups in total. The second-order valence-electron chi connectivity index (χ2n) is 5.26. The first-order chi connectivity index (χ1) is 12.9. The predicted octanol–water partition coefficient (Wildman–Crippen LogP) is 4.38. The molecule has 6 nitrogen and oxygen atoms in total. The number of thiazole rings is 1. The zero-order valence-corrected chi connectivity index (χ0v) is 17.5. The zero-order chi connectivity index (χ0) is 19.6. The fraction of sp³-hybridized carbons (Fsp3) is 0.235. The molecule has 0 bridgehead atoms. The molecule has 0 fully saturated rings. The third-order valence-corrected chi connectivity index (χ3v) is 6.10. The van der Waals surface area contributed by atoms with E-state index < -0.39 is 11.9 Å². The SMILES string of the molecule is CCOC(=O)Cn1c(=NC(=O)c2cc(Cl)sc2Cl)sc2cc(OC)ccc21. The molecule has 0 atom stereocenters. The van der Waals surface area contributed by atoms with Gasteiger partial charge in [0.15, 0.2) is 4.80 Å². The third kappa shape index (κ3) is 4.35. The monoisotopic (exact) mass is 444 g/mol. The van der Waals surface area contributed by atoms with Crippen LogP contribution in [0.1, 0.15) is 17.3 Å². The number of methoxy groups -OCH3 is 1. The van der Waals surface area contributed by atoms with Crippen molar-refractivity contribution in [1.29, 1.82) is 0 Å². The van der Waals surface area contributed by atoms with Crippen LogP contribution in [-0.4, -0.2) is 30.2 Å². The van der Waals surface area contributed by atoms with Crippen LogP contribution in [0.15, 0.2) is 29.3 Å². The van der Waals surface area contributed by atoms with Crippen LogP contribution in [0.3, 0.4) is 0 Å². The van der Waals surface area contributed by atoms with Crippen LogP contribution in [0.4, 0.5) is 0 Å². The van der Waals surface area contributed by atoms with Crippen molar-refractivity contribution in [2.24, 2.45) is 4.99 Å². The van der Waals surface area contributed by atoms with Crippen molar-refractivity contribution in [3.63, 3.8) is 0 Å². The van der Waals surface area contributed by atoms with Crippen molar-refractivity contribution in [2.75, 3.05) is 13.7 Å². The highest BCUT2D eigenvalue weighted by atomic mass is 35.5. The van der Waals surface area contributed by atoms with E-state index in [2.05, 4.69) is 4.99 Å². The normalized spacial score (nSPS) is 11.8. The summed E-state index contributed by atoms with van der Waals surface area (Å²) in [5.74, 6) is -0.282. The van der Waals surface area contributed by atoms with Gasteiger partial charge in [0.25, 0.3) is 5.91 Å². The first-order valence-electron chi connectivity index (χ1n) is 7.79. The van der Waals surface area contributed by atoms with Gasteiger partial charge in [-0.25, -0.2) is 0 Å². The minimum Gasteiger partial charge on any atom is -0.497 e. The lowest BCUT2D eigenvalue weighted by atomic mass is 10.3. The van der Waals surface area contributed by atoms with E-state index in [9.17, 15) is 9.59 Å². The van der Waals surface area contributed by atoms with Crippen LogP contribution in [0.2, 0.25) is 8.67 Å². The summed E-state index contributed by atoms with van der Waals surface area (Å²) < 4.78 is 13.4. The Morgan fingerprint density at radius 1 is 1.22 bits per heavy atom. The van der Waals surface area contributed by atoms with E-state index in [-0.39, 0.29) is 23.1 Å². The Morgan fingerprint density at radius 3 is 2.63 bits per heavy atom. The van der Waals surface area contributed by atoms with Gasteiger partial charge in [0.1, 0.15) is 16.6 Å². The van der Waals surface area contributed by atoms with Gasteiger partial charge in [-0.1, -0.05) is 34.5 Å². The number of amides is 1. The maximum Gasteiger partial charge on any atom is 0.326 e. The molecule has 2 aromatic heterocycles. The smallest absolute Gasteiger partial charge is 0.326 e. The number of benzene rings is 1. The molecule has 0 aliphatic carbocycles. The molecular weight excluding hydrogens is 431 g/mol. The fourth-order valence-corrected chi connectivity index (χ4v) is 4.89. The van der Waals surface area contributed by atoms with Crippen molar-refractivity contribution < 1.29 is 19.1 Å². The van der Waals surface area contributed by atoms with Crippen LogP contribution >= 0.6 is 45.9 Å². The third-order valence-electron chi connectivity index (χ3n) is 3.57. The quantitative estimate of drug-likeness (QED) is 0.547. The van der Waals surface area contributed by atoms with Gasteiger partial charge < -0.3 is 14.0 Å². The molecule has 0 radical (unpaired) electrons. The summed E-state index contributed by atoms with van der Waals surface area (Å²) in [6, 6.07) is 6.88. The van der Waals surface area contributed by atoms with E-state index in [1.54, 1.807) is 24.7 Å². The summed E-state index contributed by atoms with van der Waals surface area (Å²) in [7, 11) is 1.57. The summed E-state index contributed by atoms with van der Waals surface area (Å²) in [5, 5.41) is 0. The molecular formula is C17H14Cl2N2O4S2. The molecule has 0 unspecified atom stereocenters. The van der Waals surface area contributed by atoms with Crippen molar-refractivity contribution in [3.8, 4) is 5.75 Å². The van der Waals surface area contributed by atoms with Gasteiger partial charge >= 0.3 is 5.97 Å². The number of hydrogen-bond donors (Lipinski definition) is 0. The standard InChI is InChI=1S/C17H14Cl2N2O4S2/c1-3-25-14(22)8-21-11-5-4-9(24-2)6-12(11)26-17(21)20-16(23)10-7-13(18)27-15(10)19/h4-7H,3,8H2,1-2H3. The molecule has 1 aromatic carbocycles. The van der Waals surface area contributed by atoms with Gasteiger partial charge in [0.2, 0.25) is 0 Å². The Bertz CT molecular complexity index is 1080. The molecule has 0 aliphatic heterocycles. The number of aromatic nitrogens is 1. The second-order valence-corrected chi connectivity index (χ2v) is 8.56. The Hall–Kier alpha value is -1.87. The van der Waals surface area contributed by atoms with Gasteiger partial charge in [0.05, 0.1) is 33.8 Å². The number of fused-ring (bicyclic) bond motifs is 1. The maximum absolute atomic E-state index is 12.6. The van der Waals surface area contributed by atoms with E-state index >= 15 is 0 Å². The number of halogens is 2. The molecule has 1 amide bonds. The fourth-order valence-electron chi connectivity index (χ4n) is 2.39. The van der Waals surface area contributed by atoms with Crippen LogP contribution in [0.5, 0.6) is 5.75 Å². The van der Waals surface area contributed by atoms with Gasteiger partial charge in [-0.05, 0) is 31.2 Å². The molecule has 142 valence electrons. The second kappa shape index (κ2) is 8.43. The molecule has 0 saturated heterocycles. The Morgan fingerprint density at radius 2 is 2.00 bits per heavy atom. The predicted molar refractivity (Wildman–Crippen MR) is 107 cm³/mol. The van der Waals surface area contributed by atoms with Crippen LogP contribution < -0.4 is 9.54 Å². The number of rotatable bonds is 5. The summed E-state index contributed by atoms with van der Waals surface area (Å²) >= 11 is 14.3. The number of hydrogen-bond acceptors (Lipinski definition) is 6. The number of nitrogens with zero attached hydrogens (tertiary/aromatic N) is 2. The van der Waals surface area contributed by atoms with Crippen molar-refractivity contribution in [2.45, 2.75) is 13.5 Å². The van der Waals surface area contributed by atoms with Crippen LogP contribution in [-0.2, 0) is 16.1 Å². The largest absolute Gasteiger partial charge is 0.497 e. The van der Waals surface area contributed by atoms with E-state index in [0.717, 1.165) is 21.6 Å². The first-order valence-corrected chi connectivity index (χ1v) is 10.2. The molecule has 3 aromatic rings. The van der Waals surface area contributed by atoms with Crippen LogP contribution in [0.25, 0.3) is 10.2 Å². The minimum atomic E-state index is -0.528. The highest BCUT2D eigenvalue weighted by molar-refractivity contribution is 7.20. The van der Waals surface area contributed by atoms with Gasteiger partial charge in [-0.2, -0.15) is 4.99 Å². The molecule has 0 saturated carbocycles. The van der Waals surface area contributed by atoms with Crippen molar-refractivity contribution in [1.82, 2.24) is 4.57 Å². The molecule has 10 heteroatoms. The maximum atomic E-state index is 12.6.